The van der Waals surface area contributed by atoms with Crippen LogP contribution in [0.5, 0.6) is 0 Å². The van der Waals surface area contributed by atoms with Crippen molar-refractivity contribution < 1.29 is 0 Å². The zero-order chi connectivity index (χ0) is 14.0. The highest BCUT2D eigenvalue weighted by molar-refractivity contribution is 5.85. The fourth-order valence-corrected chi connectivity index (χ4v) is 2.26. The molecule has 0 fully saturated rings. The largest absolute Gasteiger partial charge is 0.361 e. The zero-order valence-electron chi connectivity index (χ0n) is 12.4. The number of rotatable bonds is 4. The molecule has 0 aliphatic carbocycles. The number of hydrogen-bond acceptors (Lipinski definition) is 0. The van der Waals surface area contributed by atoms with Gasteiger partial charge in [-0.05, 0) is 43.5 Å². The van der Waals surface area contributed by atoms with Gasteiger partial charge in [-0.3, -0.25) is 0 Å². The first kappa shape index (κ1) is 13.7. The summed E-state index contributed by atoms with van der Waals surface area (Å²) in [5, 5.41) is 1.31. The van der Waals surface area contributed by atoms with E-state index in [1.165, 1.54) is 27.6 Å². The first-order valence-electron chi connectivity index (χ1n) is 6.81. The van der Waals surface area contributed by atoms with Crippen LogP contribution in [0.3, 0.4) is 0 Å². The summed E-state index contributed by atoms with van der Waals surface area (Å²) in [6, 6.07) is 6.67. The maximum atomic E-state index is 3.95. The van der Waals surface area contributed by atoms with Gasteiger partial charge in [-0.2, -0.15) is 0 Å². The normalized spacial score (nSPS) is 11.6. The predicted octanol–water partition coefficient (Wildman–Crippen LogP) is 5.14. The fraction of sp³-hybridized carbons (Fsp3) is 0.333. The van der Waals surface area contributed by atoms with Gasteiger partial charge in [0, 0.05) is 22.5 Å². The molecule has 0 aliphatic heterocycles. The molecular formula is C18H23N. The molecule has 1 aromatic heterocycles. The summed E-state index contributed by atoms with van der Waals surface area (Å²) in [6.07, 6.45) is 7.39. The highest BCUT2D eigenvalue weighted by Crippen LogP contribution is 2.31. The number of nitrogens with one attached hydrogen (secondary N) is 1. The molecule has 2 rings (SSSR count). The van der Waals surface area contributed by atoms with Crippen LogP contribution >= 0.6 is 0 Å². The Morgan fingerprint density at radius 1 is 1.32 bits per heavy atom. The van der Waals surface area contributed by atoms with Crippen molar-refractivity contribution in [2.24, 2.45) is 0 Å². The minimum atomic E-state index is -0.00656. The van der Waals surface area contributed by atoms with E-state index in [-0.39, 0.29) is 5.41 Å². The monoisotopic (exact) mass is 253 g/mol. The summed E-state index contributed by atoms with van der Waals surface area (Å²) < 4.78 is 0. The van der Waals surface area contributed by atoms with Crippen molar-refractivity contribution in [3.8, 4) is 0 Å². The molecule has 0 saturated carbocycles. The maximum absolute atomic E-state index is 3.95. The van der Waals surface area contributed by atoms with Crippen molar-refractivity contribution in [3.05, 3.63) is 59.8 Å². The Labute approximate surface area is 116 Å². The second-order valence-corrected chi connectivity index (χ2v) is 5.99. The van der Waals surface area contributed by atoms with Gasteiger partial charge in [-0.25, -0.2) is 0 Å². The number of hydrogen-bond donors (Lipinski definition) is 1. The highest BCUT2D eigenvalue weighted by atomic mass is 14.7. The molecule has 0 radical (unpaired) electrons. The van der Waals surface area contributed by atoms with Gasteiger partial charge >= 0.3 is 0 Å². The molecule has 1 N–H and O–H groups in total. The van der Waals surface area contributed by atoms with Crippen molar-refractivity contribution in [1.29, 1.82) is 0 Å². The average Bonchev–Trinajstić information content (AvgIpc) is 2.80. The Kier molecular flexibility index (Phi) is 3.66. The fourth-order valence-electron chi connectivity index (χ4n) is 2.26. The Balaban J connectivity index is 2.49. The van der Waals surface area contributed by atoms with Crippen molar-refractivity contribution in [2.75, 3.05) is 0 Å². The van der Waals surface area contributed by atoms with E-state index in [2.05, 4.69) is 69.7 Å². The Hall–Kier alpha value is -1.76. The lowest BCUT2D eigenvalue weighted by Crippen LogP contribution is -2.11. The van der Waals surface area contributed by atoms with Gasteiger partial charge in [0.1, 0.15) is 0 Å². The second kappa shape index (κ2) is 5.08. The molecule has 1 nitrogen and oxygen atoms in total. The van der Waals surface area contributed by atoms with E-state index >= 15 is 0 Å². The topological polar surface area (TPSA) is 15.8 Å². The molecular weight excluding hydrogens is 230 g/mol. The first-order chi connectivity index (χ1) is 8.94. The molecule has 0 unspecified atom stereocenters. The molecule has 0 spiro atoms. The number of benzene rings is 1. The summed E-state index contributed by atoms with van der Waals surface area (Å²) in [5.74, 6) is 0. The number of aromatic amines is 1. The molecule has 0 saturated heterocycles. The van der Waals surface area contributed by atoms with Crippen molar-refractivity contribution >= 4 is 10.9 Å². The lowest BCUT2D eigenvalue weighted by Gasteiger charge is -2.19. The summed E-state index contributed by atoms with van der Waals surface area (Å²) >= 11 is 0. The van der Waals surface area contributed by atoms with Gasteiger partial charge in [0.15, 0.2) is 0 Å². The van der Waals surface area contributed by atoms with E-state index < -0.39 is 0 Å². The van der Waals surface area contributed by atoms with E-state index in [1.807, 2.05) is 6.08 Å². The van der Waals surface area contributed by atoms with Crippen LogP contribution in [-0.4, -0.2) is 4.98 Å². The van der Waals surface area contributed by atoms with E-state index in [1.54, 1.807) is 0 Å². The van der Waals surface area contributed by atoms with E-state index in [4.69, 9.17) is 0 Å². The minimum absolute atomic E-state index is 0.00656. The molecule has 2 aromatic rings. The molecule has 1 aromatic carbocycles. The molecule has 1 heteroatoms. The number of allylic oxidation sites excluding steroid dienone is 3. The summed E-state index contributed by atoms with van der Waals surface area (Å²) in [5.41, 5.74) is 5.23. The molecule has 100 valence electrons. The van der Waals surface area contributed by atoms with Crippen LogP contribution in [0.2, 0.25) is 0 Å². The van der Waals surface area contributed by atoms with Crippen LogP contribution in [0.4, 0.5) is 0 Å². The molecule has 0 amide bonds. The third kappa shape index (κ3) is 2.81. The third-order valence-electron chi connectivity index (χ3n) is 3.70. The van der Waals surface area contributed by atoms with Crippen LogP contribution in [0.1, 0.15) is 38.8 Å². The molecule has 0 bridgehead atoms. The lowest BCUT2D eigenvalue weighted by molar-refractivity contribution is 0.678. The summed E-state index contributed by atoms with van der Waals surface area (Å²) in [4.78, 5) is 3.36. The van der Waals surface area contributed by atoms with Crippen LogP contribution in [0.15, 0.2) is 48.7 Å². The zero-order valence-corrected chi connectivity index (χ0v) is 12.4. The van der Waals surface area contributed by atoms with Gasteiger partial charge < -0.3 is 4.98 Å². The van der Waals surface area contributed by atoms with Gasteiger partial charge in [-0.1, -0.05) is 37.6 Å². The van der Waals surface area contributed by atoms with Gasteiger partial charge in [-0.15, -0.1) is 6.58 Å². The molecule has 0 aliphatic rings. The number of aromatic nitrogens is 1. The highest BCUT2D eigenvalue weighted by Gasteiger charge is 2.20. The van der Waals surface area contributed by atoms with Crippen LogP contribution in [0, 0.1) is 0 Å². The van der Waals surface area contributed by atoms with Crippen LogP contribution in [0.25, 0.3) is 10.9 Å². The quantitative estimate of drug-likeness (QED) is 0.726. The smallest absolute Gasteiger partial charge is 0.0457 e. The SMILES string of the molecule is C=CC(C)(C)c1c[nH]c2ccc(CC=C(C)C)cc12. The molecule has 19 heavy (non-hydrogen) atoms. The Bertz CT molecular complexity index is 622. The van der Waals surface area contributed by atoms with Gasteiger partial charge in [0.2, 0.25) is 0 Å². The molecule has 0 atom stereocenters. The van der Waals surface area contributed by atoms with Crippen LogP contribution < -0.4 is 0 Å². The van der Waals surface area contributed by atoms with E-state index in [9.17, 15) is 0 Å². The van der Waals surface area contributed by atoms with Crippen molar-refractivity contribution in [2.45, 2.75) is 39.5 Å². The van der Waals surface area contributed by atoms with Crippen LogP contribution in [-0.2, 0) is 11.8 Å². The van der Waals surface area contributed by atoms with Gasteiger partial charge in [0.05, 0.1) is 0 Å². The van der Waals surface area contributed by atoms with E-state index in [0.717, 1.165) is 6.42 Å². The third-order valence-corrected chi connectivity index (χ3v) is 3.70. The maximum Gasteiger partial charge on any atom is 0.0457 e. The second-order valence-electron chi connectivity index (χ2n) is 5.99. The Morgan fingerprint density at radius 2 is 2.05 bits per heavy atom. The lowest BCUT2D eigenvalue weighted by atomic mass is 9.84. The predicted molar refractivity (Wildman–Crippen MR) is 84.7 cm³/mol. The number of fused-ring (bicyclic) bond motifs is 1. The summed E-state index contributed by atoms with van der Waals surface area (Å²) in [6.45, 7) is 12.6. The first-order valence-corrected chi connectivity index (χ1v) is 6.81. The van der Waals surface area contributed by atoms with Crippen molar-refractivity contribution in [1.82, 2.24) is 4.98 Å². The standard InChI is InChI=1S/C18H23N/c1-6-18(4,5)16-12-19-17-10-9-14(11-15(16)17)8-7-13(2)3/h6-7,9-12,19H,1,8H2,2-5H3. The van der Waals surface area contributed by atoms with E-state index in [0.29, 0.717) is 0 Å². The molecule has 1 heterocycles. The average molecular weight is 253 g/mol. The number of H-pyrrole nitrogens is 1. The summed E-state index contributed by atoms with van der Waals surface area (Å²) in [7, 11) is 0. The van der Waals surface area contributed by atoms with Crippen molar-refractivity contribution in [3.63, 3.8) is 0 Å². The Morgan fingerprint density at radius 3 is 2.68 bits per heavy atom. The minimum Gasteiger partial charge on any atom is -0.361 e. The van der Waals surface area contributed by atoms with Gasteiger partial charge in [0.25, 0.3) is 0 Å².